The number of aliphatic carboxylic acids is 1. The third-order valence-corrected chi connectivity index (χ3v) is 6.03. The molecule has 26 heavy (non-hydrogen) atoms. The molecule has 0 aliphatic heterocycles. The van der Waals surface area contributed by atoms with Crippen LogP contribution in [-0.2, 0) is 4.79 Å². The van der Waals surface area contributed by atoms with Gasteiger partial charge >= 0.3 is 5.97 Å². The lowest BCUT2D eigenvalue weighted by Gasteiger charge is -2.47. The van der Waals surface area contributed by atoms with E-state index >= 15 is 4.39 Å². The van der Waals surface area contributed by atoms with Gasteiger partial charge in [0.05, 0.1) is 5.92 Å². The highest BCUT2D eigenvalue weighted by molar-refractivity contribution is 9.10. The zero-order chi connectivity index (χ0) is 18.4. The molecule has 2 heterocycles. The maximum absolute atomic E-state index is 15.0. The molecule has 3 saturated carbocycles. The summed E-state index contributed by atoms with van der Waals surface area (Å²) in [5, 5.41) is 12.5. The fraction of sp³-hybridized carbons (Fsp3) is 0.471. The van der Waals surface area contributed by atoms with Crippen molar-refractivity contribution in [2.75, 3.05) is 5.32 Å². The van der Waals surface area contributed by atoms with Crippen LogP contribution in [0.5, 0.6) is 0 Å². The number of carboxylic acid groups (broad SMARTS) is 1. The van der Waals surface area contributed by atoms with Gasteiger partial charge in [0.1, 0.15) is 5.69 Å². The lowest BCUT2D eigenvalue weighted by molar-refractivity contribution is -0.148. The van der Waals surface area contributed by atoms with E-state index in [4.69, 9.17) is 16.0 Å². The van der Waals surface area contributed by atoms with Crippen LogP contribution in [0, 0.1) is 23.6 Å². The van der Waals surface area contributed by atoms with Gasteiger partial charge in [-0.15, -0.1) is 0 Å². The van der Waals surface area contributed by atoms with Crippen molar-refractivity contribution in [1.82, 2.24) is 9.97 Å². The van der Waals surface area contributed by atoms with Gasteiger partial charge < -0.3 is 14.8 Å². The molecule has 0 saturated heterocycles. The van der Waals surface area contributed by atoms with Crippen molar-refractivity contribution < 1.29 is 18.7 Å². The number of halogens is 3. The summed E-state index contributed by atoms with van der Waals surface area (Å²) in [7, 11) is 0. The molecule has 3 fully saturated rings. The molecule has 9 heteroatoms. The summed E-state index contributed by atoms with van der Waals surface area (Å²) >= 11 is 9.15. The van der Waals surface area contributed by atoms with Crippen LogP contribution in [0.4, 0.5) is 10.2 Å². The van der Waals surface area contributed by atoms with E-state index in [-0.39, 0.29) is 40.4 Å². The number of nitrogens with zero attached hydrogens (tertiary/aromatic N) is 2. The number of hydrogen-bond acceptors (Lipinski definition) is 5. The molecule has 2 N–H and O–H groups in total. The Hall–Kier alpha value is -1.67. The van der Waals surface area contributed by atoms with Gasteiger partial charge in [-0.25, -0.2) is 9.37 Å². The number of nitrogens with one attached hydrogen (secondary N) is 1. The smallest absolute Gasteiger partial charge is 0.308 e. The van der Waals surface area contributed by atoms with Gasteiger partial charge in [-0.05, 0) is 77.2 Å². The van der Waals surface area contributed by atoms with E-state index in [1.54, 1.807) is 12.1 Å². The maximum Gasteiger partial charge on any atom is 0.308 e. The molecule has 2 unspecified atom stereocenters. The van der Waals surface area contributed by atoms with Gasteiger partial charge in [0, 0.05) is 6.04 Å². The van der Waals surface area contributed by atoms with Crippen molar-refractivity contribution in [1.29, 1.82) is 0 Å². The minimum absolute atomic E-state index is 0.0638. The summed E-state index contributed by atoms with van der Waals surface area (Å²) in [4.78, 5) is 19.7. The molecular formula is C17H16BrClFN3O3. The third-order valence-electron chi connectivity index (χ3n) is 5.44. The zero-order valence-corrected chi connectivity index (χ0v) is 15.9. The lowest BCUT2D eigenvalue weighted by Crippen LogP contribution is -2.51. The van der Waals surface area contributed by atoms with Gasteiger partial charge in [0.15, 0.2) is 22.1 Å². The highest BCUT2D eigenvalue weighted by Gasteiger charge is 2.47. The van der Waals surface area contributed by atoms with Gasteiger partial charge in [0.25, 0.3) is 0 Å². The summed E-state index contributed by atoms with van der Waals surface area (Å²) in [6.07, 6.45) is 3.67. The first-order chi connectivity index (χ1) is 12.4. The van der Waals surface area contributed by atoms with E-state index in [1.165, 1.54) is 0 Å². The summed E-state index contributed by atoms with van der Waals surface area (Å²) in [6.45, 7) is 0. The number of hydrogen-bond donors (Lipinski definition) is 2. The fourth-order valence-electron chi connectivity index (χ4n) is 4.29. The molecule has 6 nitrogen and oxygen atoms in total. The molecule has 138 valence electrons. The minimum Gasteiger partial charge on any atom is -0.481 e. The van der Waals surface area contributed by atoms with E-state index in [1.807, 2.05) is 0 Å². The molecule has 2 aromatic heterocycles. The first-order valence-corrected chi connectivity index (χ1v) is 9.59. The molecule has 0 radical (unpaired) electrons. The Kier molecular flexibility index (Phi) is 4.64. The largest absolute Gasteiger partial charge is 0.481 e. The second-order valence-electron chi connectivity index (χ2n) is 6.82. The minimum atomic E-state index is -0.854. The van der Waals surface area contributed by atoms with E-state index in [9.17, 15) is 9.90 Å². The van der Waals surface area contributed by atoms with Crippen molar-refractivity contribution >= 4 is 39.3 Å². The Morgan fingerprint density at radius 3 is 2.58 bits per heavy atom. The summed E-state index contributed by atoms with van der Waals surface area (Å²) < 4.78 is 20.8. The second kappa shape index (κ2) is 6.81. The van der Waals surface area contributed by atoms with Crippen molar-refractivity contribution in [3.63, 3.8) is 0 Å². The molecule has 0 aromatic carbocycles. The van der Waals surface area contributed by atoms with Crippen LogP contribution >= 0.6 is 27.5 Å². The van der Waals surface area contributed by atoms with Crippen molar-refractivity contribution in [3.8, 4) is 11.5 Å². The number of fused-ring (bicyclic) bond motifs is 3. The maximum atomic E-state index is 15.0. The lowest BCUT2D eigenvalue weighted by atomic mass is 9.61. The molecule has 5 rings (SSSR count). The Labute approximate surface area is 162 Å². The number of carbonyl (C=O) groups is 1. The van der Waals surface area contributed by atoms with E-state index < -0.39 is 17.7 Å². The van der Waals surface area contributed by atoms with Gasteiger partial charge in [-0.1, -0.05) is 0 Å². The average molecular weight is 445 g/mol. The van der Waals surface area contributed by atoms with Crippen LogP contribution in [0.3, 0.4) is 0 Å². The summed E-state index contributed by atoms with van der Waals surface area (Å²) in [5.41, 5.74) is -0.0638. The van der Waals surface area contributed by atoms with Crippen LogP contribution in [-0.4, -0.2) is 27.1 Å². The highest BCUT2D eigenvalue weighted by Crippen LogP contribution is 2.46. The van der Waals surface area contributed by atoms with Crippen molar-refractivity contribution in [3.05, 3.63) is 27.9 Å². The average Bonchev–Trinajstić information content (AvgIpc) is 3.04. The van der Waals surface area contributed by atoms with Crippen molar-refractivity contribution in [2.24, 2.45) is 17.8 Å². The second-order valence-corrected chi connectivity index (χ2v) is 7.94. The number of carboxylic acids is 1. The molecule has 0 amide bonds. The van der Waals surface area contributed by atoms with E-state index in [0.29, 0.717) is 4.67 Å². The van der Waals surface area contributed by atoms with Crippen LogP contribution in [0.15, 0.2) is 21.2 Å². The Morgan fingerprint density at radius 2 is 1.96 bits per heavy atom. The fourth-order valence-corrected chi connectivity index (χ4v) is 4.77. The first-order valence-electron chi connectivity index (χ1n) is 8.42. The number of rotatable bonds is 4. The number of furan rings is 1. The normalized spacial score (nSPS) is 27.5. The Morgan fingerprint density at radius 1 is 1.27 bits per heavy atom. The van der Waals surface area contributed by atoms with Crippen LogP contribution in [0.2, 0.25) is 5.28 Å². The monoisotopic (exact) mass is 443 g/mol. The third kappa shape index (κ3) is 3.09. The number of anilines is 1. The van der Waals surface area contributed by atoms with Crippen LogP contribution in [0.1, 0.15) is 25.7 Å². The Bertz CT molecular complexity index is 854. The van der Waals surface area contributed by atoms with Crippen molar-refractivity contribution in [2.45, 2.75) is 31.7 Å². The van der Waals surface area contributed by atoms with Gasteiger partial charge in [-0.2, -0.15) is 4.98 Å². The van der Waals surface area contributed by atoms with Gasteiger partial charge in [0.2, 0.25) is 5.28 Å². The molecule has 2 bridgehead atoms. The van der Waals surface area contributed by atoms with E-state index in [0.717, 1.165) is 25.7 Å². The molecule has 3 aliphatic carbocycles. The quantitative estimate of drug-likeness (QED) is 0.671. The zero-order valence-electron chi connectivity index (χ0n) is 13.6. The van der Waals surface area contributed by atoms with Crippen LogP contribution in [0.25, 0.3) is 11.5 Å². The van der Waals surface area contributed by atoms with E-state index in [2.05, 4.69) is 31.2 Å². The predicted octanol–water partition coefficient (Wildman–Crippen LogP) is 4.59. The molecule has 0 spiro atoms. The van der Waals surface area contributed by atoms with Gasteiger partial charge in [-0.3, -0.25) is 4.79 Å². The Balaban J connectivity index is 1.70. The molecule has 3 aliphatic rings. The number of aromatic nitrogens is 2. The highest BCUT2D eigenvalue weighted by atomic mass is 79.9. The summed E-state index contributed by atoms with van der Waals surface area (Å²) in [5.74, 6) is -1.71. The molecular weight excluding hydrogens is 429 g/mol. The first kappa shape index (κ1) is 17.7. The SMILES string of the molecule is O=C(O)C1C2CCC(CC2)C1Nc1nc(Cl)nc(-c2ccc(Br)o2)c1F. The topological polar surface area (TPSA) is 88.2 Å². The predicted molar refractivity (Wildman–Crippen MR) is 96.4 cm³/mol. The molecule has 2 atom stereocenters. The molecule has 2 aromatic rings. The standard InChI is InChI=1S/C17H16BrClFN3O3/c18-10-6-5-9(26-10)14-12(20)15(23-17(19)22-14)21-13-8-3-1-7(2-4-8)11(13)16(24)25/h5-8,11,13H,1-4H2,(H,24,25)(H,21,22,23). The summed E-state index contributed by atoms with van der Waals surface area (Å²) in [6, 6.07) is 2.81. The van der Waals surface area contributed by atoms with Crippen LogP contribution < -0.4 is 5.32 Å².